The van der Waals surface area contributed by atoms with Crippen molar-refractivity contribution in [1.29, 1.82) is 0 Å². The molecule has 0 aliphatic carbocycles. The molecule has 0 aliphatic heterocycles. The lowest BCUT2D eigenvalue weighted by molar-refractivity contribution is 0.475. The van der Waals surface area contributed by atoms with E-state index >= 15 is 0 Å². The highest BCUT2D eigenvalue weighted by atomic mass is 35.5. The molecule has 3 heteroatoms. The van der Waals surface area contributed by atoms with E-state index in [1.54, 1.807) is 0 Å². The van der Waals surface area contributed by atoms with Crippen LogP contribution in [-0.2, 0) is 6.42 Å². The van der Waals surface area contributed by atoms with Crippen molar-refractivity contribution in [3.8, 4) is 11.5 Å². The molecule has 0 heterocycles. The minimum absolute atomic E-state index is 0.466. The first-order valence-corrected chi connectivity index (χ1v) is 7.25. The summed E-state index contributed by atoms with van der Waals surface area (Å²) in [6.07, 6.45) is 0.750. The molecule has 2 nitrogen and oxygen atoms in total. The molecular weight excluding hydrogens is 270 g/mol. The van der Waals surface area contributed by atoms with Crippen molar-refractivity contribution < 1.29 is 4.74 Å². The molecule has 0 fully saturated rings. The smallest absolute Gasteiger partial charge is 0.149 e. The van der Waals surface area contributed by atoms with E-state index in [0.717, 1.165) is 17.7 Å². The zero-order valence-corrected chi connectivity index (χ0v) is 12.7. The number of hydrogen-bond donors (Lipinski definition) is 1. The number of benzene rings is 2. The van der Waals surface area contributed by atoms with Crippen LogP contribution in [0.5, 0.6) is 11.5 Å². The first-order valence-electron chi connectivity index (χ1n) is 6.87. The maximum atomic E-state index is 6.25. The molecule has 2 aromatic rings. The number of ether oxygens (including phenoxy) is 1. The zero-order chi connectivity index (χ0) is 14.5. The van der Waals surface area contributed by atoms with Crippen molar-refractivity contribution in [1.82, 2.24) is 0 Å². The molecule has 0 spiro atoms. The fraction of sp³-hybridized carbons (Fsp3) is 0.294. The summed E-state index contributed by atoms with van der Waals surface area (Å²) in [4.78, 5) is 0. The van der Waals surface area contributed by atoms with E-state index in [9.17, 15) is 0 Å². The quantitative estimate of drug-likeness (QED) is 0.861. The third kappa shape index (κ3) is 3.53. The standard InChI is InChI=1S/C17H20ClNO/c1-12(2)14-6-3-7-15(11-14)20-17-13(9-10-19)5-4-8-16(17)18/h3-8,11-12H,9-10,19H2,1-2H3. The maximum Gasteiger partial charge on any atom is 0.149 e. The third-order valence-corrected chi connectivity index (χ3v) is 3.50. The second-order valence-corrected chi connectivity index (χ2v) is 5.50. The third-order valence-electron chi connectivity index (χ3n) is 3.21. The number of halogens is 1. The Kier molecular flexibility index (Phi) is 5.05. The van der Waals surface area contributed by atoms with E-state index in [4.69, 9.17) is 22.1 Å². The van der Waals surface area contributed by atoms with Gasteiger partial charge in [-0.3, -0.25) is 0 Å². The van der Waals surface area contributed by atoms with Crippen LogP contribution in [0, 0.1) is 0 Å². The van der Waals surface area contributed by atoms with Gasteiger partial charge in [0.1, 0.15) is 11.5 Å². The van der Waals surface area contributed by atoms with Gasteiger partial charge >= 0.3 is 0 Å². The summed E-state index contributed by atoms with van der Waals surface area (Å²) in [6.45, 7) is 4.89. The Morgan fingerprint density at radius 1 is 1.15 bits per heavy atom. The van der Waals surface area contributed by atoms with Gasteiger partial charge in [0.15, 0.2) is 0 Å². The summed E-state index contributed by atoms with van der Waals surface area (Å²) in [5.41, 5.74) is 7.92. The molecule has 0 radical (unpaired) electrons. The molecule has 0 saturated carbocycles. The summed E-state index contributed by atoms with van der Waals surface area (Å²) in [5, 5.41) is 0.617. The normalized spacial score (nSPS) is 10.8. The topological polar surface area (TPSA) is 35.2 Å². The average Bonchev–Trinajstić information content (AvgIpc) is 2.43. The van der Waals surface area contributed by atoms with Crippen molar-refractivity contribution in [2.24, 2.45) is 5.73 Å². The molecule has 0 saturated heterocycles. The van der Waals surface area contributed by atoms with Crippen molar-refractivity contribution >= 4 is 11.6 Å². The van der Waals surface area contributed by atoms with E-state index < -0.39 is 0 Å². The minimum atomic E-state index is 0.466. The van der Waals surface area contributed by atoms with Crippen LogP contribution in [0.1, 0.15) is 30.9 Å². The van der Waals surface area contributed by atoms with E-state index in [-0.39, 0.29) is 0 Å². The second kappa shape index (κ2) is 6.78. The van der Waals surface area contributed by atoms with E-state index in [2.05, 4.69) is 26.0 Å². The first kappa shape index (κ1) is 14.9. The molecule has 0 bridgehead atoms. The molecule has 0 aliphatic rings. The van der Waals surface area contributed by atoms with Gasteiger partial charge in [-0.05, 0) is 48.2 Å². The lowest BCUT2D eigenvalue weighted by Gasteiger charge is -2.14. The van der Waals surface area contributed by atoms with E-state index in [0.29, 0.717) is 23.2 Å². The zero-order valence-electron chi connectivity index (χ0n) is 11.9. The summed E-state index contributed by atoms with van der Waals surface area (Å²) in [6, 6.07) is 13.9. The Morgan fingerprint density at radius 2 is 1.90 bits per heavy atom. The lowest BCUT2D eigenvalue weighted by atomic mass is 10.0. The van der Waals surface area contributed by atoms with Crippen molar-refractivity contribution in [3.05, 3.63) is 58.6 Å². The van der Waals surface area contributed by atoms with Gasteiger partial charge in [0.2, 0.25) is 0 Å². The van der Waals surface area contributed by atoms with Crippen LogP contribution in [-0.4, -0.2) is 6.54 Å². The number of nitrogens with two attached hydrogens (primary N) is 1. The van der Waals surface area contributed by atoms with Gasteiger partial charge in [-0.1, -0.05) is 49.7 Å². The summed E-state index contributed by atoms with van der Waals surface area (Å²) < 4.78 is 6.00. The molecule has 2 N–H and O–H groups in total. The summed E-state index contributed by atoms with van der Waals surface area (Å²) in [5.74, 6) is 1.98. The molecule has 106 valence electrons. The van der Waals surface area contributed by atoms with Gasteiger partial charge in [0.05, 0.1) is 5.02 Å². The van der Waals surface area contributed by atoms with Gasteiger partial charge in [0, 0.05) is 0 Å². The predicted octanol–water partition coefficient (Wildman–Crippen LogP) is 4.76. The highest BCUT2D eigenvalue weighted by Gasteiger charge is 2.10. The lowest BCUT2D eigenvalue weighted by Crippen LogP contribution is -2.04. The number of rotatable bonds is 5. The highest BCUT2D eigenvalue weighted by Crippen LogP contribution is 2.34. The Bertz CT molecular complexity index is 581. The highest BCUT2D eigenvalue weighted by molar-refractivity contribution is 6.32. The van der Waals surface area contributed by atoms with Crippen LogP contribution in [0.25, 0.3) is 0 Å². The van der Waals surface area contributed by atoms with Gasteiger partial charge in [-0.15, -0.1) is 0 Å². The van der Waals surface area contributed by atoms with E-state index in [1.165, 1.54) is 5.56 Å². The maximum absolute atomic E-state index is 6.25. The second-order valence-electron chi connectivity index (χ2n) is 5.10. The van der Waals surface area contributed by atoms with Gasteiger partial charge < -0.3 is 10.5 Å². The fourth-order valence-electron chi connectivity index (χ4n) is 2.08. The minimum Gasteiger partial charge on any atom is -0.456 e. The fourth-order valence-corrected chi connectivity index (χ4v) is 2.31. The van der Waals surface area contributed by atoms with Crippen LogP contribution < -0.4 is 10.5 Å². The Labute approximate surface area is 125 Å². The van der Waals surface area contributed by atoms with Crippen molar-refractivity contribution in [3.63, 3.8) is 0 Å². The van der Waals surface area contributed by atoms with Gasteiger partial charge in [-0.2, -0.15) is 0 Å². The number of hydrogen-bond acceptors (Lipinski definition) is 2. The Morgan fingerprint density at radius 3 is 2.60 bits per heavy atom. The summed E-state index contributed by atoms with van der Waals surface area (Å²) in [7, 11) is 0. The average molecular weight is 290 g/mol. The van der Waals surface area contributed by atoms with Crippen LogP contribution in [0.4, 0.5) is 0 Å². The molecule has 2 rings (SSSR count). The SMILES string of the molecule is CC(C)c1cccc(Oc2c(Cl)cccc2CCN)c1. The largest absolute Gasteiger partial charge is 0.456 e. The number of para-hydroxylation sites is 1. The van der Waals surface area contributed by atoms with Crippen LogP contribution >= 0.6 is 11.6 Å². The molecular formula is C17H20ClNO. The van der Waals surface area contributed by atoms with E-state index in [1.807, 2.05) is 30.3 Å². The summed E-state index contributed by atoms with van der Waals surface area (Å²) >= 11 is 6.25. The Hall–Kier alpha value is -1.51. The molecule has 0 aromatic heterocycles. The first-order chi connectivity index (χ1) is 9.61. The van der Waals surface area contributed by atoms with Crippen LogP contribution in [0.2, 0.25) is 5.02 Å². The van der Waals surface area contributed by atoms with Gasteiger partial charge in [-0.25, -0.2) is 0 Å². The predicted molar refractivity (Wildman–Crippen MR) is 84.8 cm³/mol. The molecule has 0 atom stereocenters. The molecule has 2 aromatic carbocycles. The van der Waals surface area contributed by atoms with Crippen molar-refractivity contribution in [2.75, 3.05) is 6.54 Å². The molecule has 0 amide bonds. The molecule has 0 unspecified atom stereocenters. The van der Waals surface area contributed by atoms with Gasteiger partial charge in [0.25, 0.3) is 0 Å². The van der Waals surface area contributed by atoms with Crippen LogP contribution in [0.3, 0.4) is 0 Å². The van der Waals surface area contributed by atoms with Crippen LogP contribution in [0.15, 0.2) is 42.5 Å². The Balaban J connectivity index is 2.32. The monoisotopic (exact) mass is 289 g/mol. The molecule has 20 heavy (non-hydrogen) atoms. The van der Waals surface area contributed by atoms with Crippen molar-refractivity contribution in [2.45, 2.75) is 26.2 Å².